The fourth-order valence-electron chi connectivity index (χ4n) is 2.21. The number of hydrogen-bond acceptors (Lipinski definition) is 4. The highest BCUT2D eigenvalue weighted by Crippen LogP contribution is 2.25. The molecule has 0 unspecified atom stereocenters. The summed E-state index contributed by atoms with van der Waals surface area (Å²) in [6.45, 7) is 1.89. The van der Waals surface area contributed by atoms with Crippen LogP contribution in [0.3, 0.4) is 0 Å². The van der Waals surface area contributed by atoms with E-state index in [2.05, 4.69) is 10.2 Å². The number of methoxy groups -OCH3 is 1. The predicted molar refractivity (Wildman–Crippen MR) is 67.7 cm³/mol. The third-order valence-corrected chi connectivity index (χ3v) is 3.11. The highest BCUT2D eigenvalue weighted by molar-refractivity contribution is 5.86. The standard InChI is InChI=1S/C13H13N3O2/c1-8-5-12-14-15-13(7-17)16(12)11-4-3-9(18-2)6-10(8)11/h3-6,17H,7H2,1-2H3. The lowest BCUT2D eigenvalue weighted by Gasteiger charge is -2.08. The van der Waals surface area contributed by atoms with Crippen LogP contribution < -0.4 is 4.74 Å². The number of aromatic nitrogens is 3. The molecule has 3 rings (SSSR count). The maximum Gasteiger partial charge on any atom is 0.163 e. The minimum absolute atomic E-state index is 0.134. The quantitative estimate of drug-likeness (QED) is 0.744. The molecule has 3 aromatic rings. The number of aliphatic hydroxyl groups is 1. The lowest BCUT2D eigenvalue weighted by Crippen LogP contribution is -1.97. The normalized spacial score (nSPS) is 11.3. The van der Waals surface area contributed by atoms with Crippen LogP contribution in [0.25, 0.3) is 16.6 Å². The van der Waals surface area contributed by atoms with E-state index in [1.165, 1.54) is 0 Å². The van der Waals surface area contributed by atoms with Crippen LogP contribution in [0.5, 0.6) is 5.75 Å². The summed E-state index contributed by atoms with van der Waals surface area (Å²) in [5.74, 6) is 1.35. The molecule has 5 nitrogen and oxygen atoms in total. The van der Waals surface area contributed by atoms with Gasteiger partial charge in [0.05, 0.1) is 12.6 Å². The third kappa shape index (κ3) is 1.44. The van der Waals surface area contributed by atoms with Crippen LogP contribution in [-0.2, 0) is 6.61 Å². The van der Waals surface area contributed by atoms with Gasteiger partial charge in [0, 0.05) is 5.39 Å². The summed E-state index contributed by atoms with van der Waals surface area (Å²) in [4.78, 5) is 0. The van der Waals surface area contributed by atoms with Crippen molar-refractivity contribution in [1.82, 2.24) is 14.6 Å². The fraction of sp³-hybridized carbons (Fsp3) is 0.231. The van der Waals surface area contributed by atoms with Gasteiger partial charge in [-0.3, -0.25) is 4.40 Å². The predicted octanol–water partition coefficient (Wildman–Crippen LogP) is 1.69. The molecular formula is C13H13N3O2. The van der Waals surface area contributed by atoms with Crippen LogP contribution >= 0.6 is 0 Å². The van der Waals surface area contributed by atoms with E-state index in [0.717, 1.165) is 27.9 Å². The molecule has 5 heteroatoms. The average Bonchev–Trinajstić information content (AvgIpc) is 2.81. The molecule has 0 fully saturated rings. The number of aliphatic hydroxyl groups excluding tert-OH is 1. The highest BCUT2D eigenvalue weighted by atomic mass is 16.5. The SMILES string of the molecule is COc1ccc2c(c1)c(C)cc1nnc(CO)n12. The monoisotopic (exact) mass is 243 g/mol. The number of ether oxygens (including phenoxy) is 1. The topological polar surface area (TPSA) is 59.7 Å². The summed E-state index contributed by atoms with van der Waals surface area (Å²) < 4.78 is 7.10. The molecule has 18 heavy (non-hydrogen) atoms. The Morgan fingerprint density at radius 3 is 2.83 bits per heavy atom. The number of pyridine rings is 1. The van der Waals surface area contributed by atoms with Gasteiger partial charge < -0.3 is 9.84 Å². The van der Waals surface area contributed by atoms with Crippen molar-refractivity contribution in [2.24, 2.45) is 0 Å². The van der Waals surface area contributed by atoms with Crippen molar-refractivity contribution >= 4 is 16.6 Å². The first-order valence-corrected chi connectivity index (χ1v) is 5.67. The Labute approximate surface area is 104 Å². The first-order valence-electron chi connectivity index (χ1n) is 5.67. The molecule has 0 radical (unpaired) electrons. The van der Waals surface area contributed by atoms with Crippen molar-refractivity contribution in [3.8, 4) is 5.75 Å². The van der Waals surface area contributed by atoms with Gasteiger partial charge in [-0.25, -0.2) is 0 Å². The van der Waals surface area contributed by atoms with Gasteiger partial charge in [0.2, 0.25) is 0 Å². The Morgan fingerprint density at radius 1 is 1.28 bits per heavy atom. The van der Waals surface area contributed by atoms with Gasteiger partial charge in [0.15, 0.2) is 11.5 Å². The van der Waals surface area contributed by atoms with Gasteiger partial charge in [0.1, 0.15) is 12.4 Å². The van der Waals surface area contributed by atoms with Crippen LogP contribution in [0, 0.1) is 6.92 Å². The van der Waals surface area contributed by atoms with E-state index in [1.807, 2.05) is 35.6 Å². The smallest absolute Gasteiger partial charge is 0.163 e. The number of hydrogen-bond donors (Lipinski definition) is 1. The molecule has 0 aliphatic heterocycles. The number of rotatable bonds is 2. The summed E-state index contributed by atoms with van der Waals surface area (Å²) in [7, 11) is 1.65. The van der Waals surface area contributed by atoms with Gasteiger partial charge in [-0.05, 0) is 36.8 Å². The Kier molecular flexibility index (Phi) is 2.41. The largest absolute Gasteiger partial charge is 0.497 e. The van der Waals surface area contributed by atoms with Crippen molar-refractivity contribution in [3.63, 3.8) is 0 Å². The Morgan fingerprint density at radius 2 is 2.11 bits per heavy atom. The lowest BCUT2D eigenvalue weighted by atomic mass is 10.1. The van der Waals surface area contributed by atoms with Gasteiger partial charge in [-0.15, -0.1) is 10.2 Å². The first-order chi connectivity index (χ1) is 8.74. The minimum Gasteiger partial charge on any atom is -0.497 e. The van der Waals surface area contributed by atoms with E-state index in [-0.39, 0.29) is 6.61 Å². The van der Waals surface area contributed by atoms with Crippen molar-refractivity contribution in [2.75, 3.05) is 7.11 Å². The fourth-order valence-corrected chi connectivity index (χ4v) is 2.21. The average molecular weight is 243 g/mol. The third-order valence-electron chi connectivity index (χ3n) is 3.11. The Hall–Kier alpha value is -2.14. The van der Waals surface area contributed by atoms with Gasteiger partial charge >= 0.3 is 0 Å². The van der Waals surface area contributed by atoms with E-state index in [4.69, 9.17) is 4.74 Å². The molecule has 1 aromatic carbocycles. The van der Waals surface area contributed by atoms with Gasteiger partial charge in [-0.2, -0.15) is 0 Å². The zero-order valence-electron chi connectivity index (χ0n) is 10.2. The maximum atomic E-state index is 9.31. The van der Waals surface area contributed by atoms with Gasteiger partial charge in [-0.1, -0.05) is 0 Å². The van der Waals surface area contributed by atoms with E-state index >= 15 is 0 Å². The summed E-state index contributed by atoms with van der Waals surface area (Å²) in [5.41, 5.74) is 2.82. The number of nitrogens with zero attached hydrogens (tertiary/aromatic N) is 3. The molecule has 0 spiro atoms. The Balaban J connectivity index is 2.48. The first kappa shape index (κ1) is 11.0. The van der Waals surface area contributed by atoms with Crippen molar-refractivity contribution in [2.45, 2.75) is 13.5 Å². The molecule has 0 aliphatic rings. The molecule has 2 heterocycles. The van der Waals surface area contributed by atoms with Crippen LogP contribution in [0.2, 0.25) is 0 Å². The van der Waals surface area contributed by atoms with Crippen molar-refractivity contribution < 1.29 is 9.84 Å². The zero-order valence-corrected chi connectivity index (χ0v) is 10.2. The summed E-state index contributed by atoms with van der Waals surface area (Å²) in [6, 6.07) is 7.78. The molecule has 0 aliphatic carbocycles. The molecule has 0 saturated carbocycles. The molecule has 0 atom stereocenters. The van der Waals surface area contributed by atoms with Gasteiger partial charge in [0.25, 0.3) is 0 Å². The highest BCUT2D eigenvalue weighted by Gasteiger charge is 2.10. The maximum absolute atomic E-state index is 9.31. The van der Waals surface area contributed by atoms with Crippen LogP contribution in [0.1, 0.15) is 11.4 Å². The van der Waals surface area contributed by atoms with E-state index in [9.17, 15) is 5.11 Å². The Bertz CT molecular complexity index is 734. The second kappa shape index (κ2) is 3.96. The molecule has 0 saturated heterocycles. The number of benzene rings is 1. The molecule has 92 valence electrons. The van der Waals surface area contributed by atoms with E-state index < -0.39 is 0 Å². The van der Waals surface area contributed by atoms with E-state index in [1.54, 1.807) is 7.11 Å². The molecule has 2 aromatic heterocycles. The minimum atomic E-state index is -0.134. The summed E-state index contributed by atoms with van der Waals surface area (Å²) in [6.07, 6.45) is 0. The molecular weight excluding hydrogens is 230 g/mol. The molecule has 0 amide bonds. The molecule has 1 N–H and O–H groups in total. The van der Waals surface area contributed by atoms with Crippen molar-refractivity contribution in [1.29, 1.82) is 0 Å². The number of aryl methyl sites for hydroxylation is 1. The second-order valence-corrected chi connectivity index (χ2v) is 4.18. The van der Waals surface area contributed by atoms with Crippen LogP contribution in [0.15, 0.2) is 24.3 Å². The van der Waals surface area contributed by atoms with Crippen LogP contribution in [0.4, 0.5) is 0 Å². The lowest BCUT2D eigenvalue weighted by molar-refractivity contribution is 0.270. The van der Waals surface area contributed by atoms with Crippen LogP contribution in [-0.4, -0.2) is 26.8 Å². The number of fused-ring (bicyclic) bond motifs is 3. The van der Waals surface area contributed by atoms with Crippen molar-refractivity contribution in [3.05, 3.63) is 35.7 Å². The summed E-state index contributed by atoms with van der Waals surface area (Å²) in [5, 5.41) is 18.4. The zero-order chi connectivity index (χ0) is 12.7. The summed E-state index contributed by atoms with van der Waals surface area (Å²) >= 11 is 0. The molecule has 0 bridgehead atoms. The second-order valence-electron chi connectivity index (χ2n) is 4.18. The van der Waals surface area contributed by atoms with E-state index in [0.29, 0.717) is 5.82 Å².